The lowest BCUT2D eigenvalue weighted by Crippen LogP contribution is -2.51. The molecule has 1 aliphatic carbocycles. The van der Waals surface area contributed by atoms with Gasteiger partial charge in [0.15, 0.2) is 0 Å². The first-order valence-corrected chi connectivity index (χ1v) is 12.2. The molecule has 0 aromatic heterocycles. The van der Waals surface area contributed by atoms with E-state index in [2.05, 4.69) is 16.0 Å². The predicted molar refractivity (Wildman–Crippen MR) is 127 cm³/mol. The van der Waals surface area contributed by atoms with Gasteiger partial charge < -0.3 is 30.5 Å². The van der Waals surface area contributed by atoms with E-state index >= 15 is 0 Å². The topological polar surface area (TPSA) is 137 Å². The van der Waals surface area contributed by atoms with Crippen molar-refractivity contribution >= 4 is 35.4 Å². The highest BCUT2D eigenvalue weighted by Gasteiger charge is 2.62. The minimum absolute atomic E-state index is 0.000476. The van der Waals surface area contributed by atoms with E-state index in [4.69, 9.17) is 4.74 Å². The minimum Gasteiger partial charge on any atom is -0.444 e. The van der Waals surface area contributed by atoms with Crippen LogP contribution in [0.3, 0.4) is 0 Å². The zero-order chi connectivity index (χ0) is 25.8. The number of nitrogens with one attached hydrogen (secondary N) is 3. The molecule has 192 valence electrons. The highest BCUT2D eigenvalue weighted by molar-refractivity contribution is 6.10. The van der Waals surface area contributed by atoms with Gasteiger partial charge in [-0.05, 0) is 51.2 Å². The van der Waals surface area contributed by atoms with Gasteiger partial charge in [0.1, 0.15) is 23.6 Å². The third kappa shape index (κ3) is 4.16. The van der Waals surface area contributed by atoms with Crippen molar-refractivity contribution in [3.63, 3.8) is 0 Å². The standard InChI is InChI=1S/C25H31N5O6/c1-24(2,3)36-23(35)28-19(14-8-9-14)21(33)29-10-16(20(32)30-11-18(31)26-13-30)25(12-29)15-6-4-5-7-17(15)27-22(25)34/h4-7,14,16,19H,8-13H2,1-3H3,(H,26,31)(H,27,34)(H,28,35)/t16-,19?,25-/m0/s1. The van der Waals surface area contributed by atoms with Crippen LogP contribution in [0.25, 0.3) is 0 Å². The Labute approximate surface area is 208 Å². The molecule has 2 saturated heterocycles. The van der Waals surface area contributed by atoms with Crippen molar-refractivity contribution in [2.24, 2.45) is 11.8 Å². The summed E-state index contributed by atoms with van der Waals surface area (Å²) in [5, 5.41) is 8.22. The summed E-state index contributed by atoms with van der Waals surface area (Å²) in [6.45, 7) is 5.21. The van der Waals surface area contributed by atoms with E-state index in [-0.39, 0.29) is 55.8 Å². The van der Waals surface area contributed by atoms with Crippen LogP contribution in [0.15, 0.2) is 24.3 Å². The highest BCUT2D eigenvalue weighted by atomic mass is 16.6. The number of hydrogen-bond donors (Lipinski definition) is 3. The summed E-state index contributed by atoms with van der Waals surface area (Å²) in [4.78, 5) is 68.1. The molecule has 3 fully saturated rings. The van der Waals surface area contributed by atoms with Crippen LogP contribution in [0.5, 0.6) is 0 Å². The van der Waals surface area contributed by atoms with Gasteiger partial charge >= 0.3 is 6.09 Å². The molecule has 1 unspecified atom stereocenters. The second kappa shape index (κ2) is 8.49. The quantitative estimate of drug-likeness (QED) is 0.556. The third-order valence-electron chi connectivity index (χ3n) is 7.25. The van der Waals surface area contributed by atoms with Crippen molar-refractivity contribution in [1.29, 1.82) is 0 Å². The van der Waals surface area contributed by atoms with Gasteiger partial charge in [-0.2, -0.15) is 0 Å². The largest absolute Gasteiger partial charge is 0.444 e. The SMILES string of the molecule is CC(C)(C)OC(=O)NC(C(=O)N1C[C@@H](C(=O)N2CNC(=O)C2)[C@@]2(C1)C(=O)Nc1ccccc12)C1CC1. The minimum atomic E-state index is -1.28. The molecule has 0 radical (unpaired) electrons. The number of carbonyl (C=O) groups is 5. The van der Waals surface area contributed by atoms with Crippen molar-refractivity contribution < 1.29 is 28.7 Å². The molecule has 3 N–H and O–H groups in total. The molecule has 3 heterocycles. The van der Waals surface area contributed by atoms with E-state index < -0.39 is 29.1 Å². The van der Waals surface area contributed by atoms with Gasteiger partial charge in [-0.25, -0.2) is 4.79 Å². The zero-order valence-corrected chi connectivity index (χ0v) is 20.6. The third-order valence-corrected chi connectivity index (χ3v) is 7.25. The number of para-hydroxylation sites is 1. The molecule has 1 aromatic carbocycles. The number of likely N-dealkylation sites (tertiary alicyclic amines) is 1. The summed E-state index contributed by atoms with van der Waals surface area (Å²) in [6.07, 6.45) is 0.900. The molecule has 11 heteroatoms. The van der Waals surface area contributed by atoms with Crippen molar-refractivity contribution in [1.82, 2.24) is 20.4 Å². The van der Waals surface area contributed by atoms with E-state index in [1.54, 1.807) is 45.0 Å². The summed E-state index contributed by atoms with van der Waals surface area (Å²) < 4.78 is 5.37. The molecule has 36 heavy (non-hydrogen) atoms. The van der Waals surface area contributed by atoms with E-state index in [0.29, 0.717) is 11.3 Å². The normalized spacial score (nSPS) is 25.9. The Bertz CT molecular complexity index is 1140. The molecule has 5 amide bonds. The fourth-order valence-electron chi connectivity index (χ4n) is 5.44. The summed E-state index contributed by atoms with van der Waals surface area (Å²) in [5.41, 5.74) is -0.737. The number of amides is 5. The number of fused-ring (bicyclic) bond motifs is 2. The lowest BCUT2D eigenvalue weighted by molar-refractivity contribution is -0.139. The maximum absolute atomic E-state index is 13.8. The van der Waals surface area contributed by atoms with E-state index in [0.717, 1.165) is 12.8 Å². The highest BCUT2D eigenvalue weighted by Crippen LogP contribution is 2.48. The molecule has 3 atom stereocenters. The first-order valence-electron chi connectivity index (χ1n) is 12.2. The molecule has 11 nitrogen and oxygen atoms in total. The van der Waals surface area contributed by atoms with Gasteiger partial charge in [0.05, 0.1) is 12.6 Å². The average molecular weight is 498 g/mol. The van der Waals surface area contributed by atoms with Gasteiger partial charge in [-0.1, -0.05) is 18.2 Å². The van der Waals surface area contributed by atoms with Crippen molar-refractivity contribution in [2.45, 2.75) is 50.7 Å². The van der Waals surface area contributed by atoms with Crippen LogP contribution in [0.1, 0.15) is 39.2 Å². The number of nitrogens with zero attached hydrogens (tertiary/aromatic N) is 2. The first-order chi connectivity index (χ1) is 17.0. The van der Waals surface area contributed by atoms with E-state index in [9.17, 15) is 24.0 Å². The number of rotatable bonds is 4. The maximum atomic E-state index is 13.8. The molecule has 0 bridgehead atoms. The number of anilines is 1. The van der Waals surface area contributed by atoms with Crippen LogP contribution in [0.4, 0.5) is 10.5 Å². The Balaban J connectivity index is 1.45. The molecule has 3 aliphatic heterocycles. The Morgan fingerprint density at radius 2 is 1.86 bits per heavy atom. The summed E-state index contributed by atoms with van der Waals surface area (Å²) in [5.74, 6) is -2.22. The molecule has 1 aromatic rings. The van der Waals surface area contributed by atoms with Crippen LogP contribution in [-0.4, -0.2) is 77.5 Å². The molecular formula is C25H31N5O6. The van der Waals surface area contributed by atoms with Gasteiger partial charge in [0.25, 0.3) is 0 Å². The second-order valence-corrected chi connectivity index (χ2v) is 11.0. The number of alkyl carbamates (subject to hydrolysis) is 1. The van der Waals surface area contributed by atoms with Crippen LogP contribution < -0.4 is 16.0 Å². The summed E-state index contributed by atoms with van der Waals surface area (Å²) in [6, 6.07) is 6.35. The van der Waals surface area contributed by atoms with Gasteiger partial charge in [-0.3, -0.25) is 19.2 Å². The lowest BCUT2D eigenvalue weighted by Gasteiger charge is -2.30. The summed E-state index contributed by atoms with van der Waals surface area (Å²) in [7, 11) is 0. The zero-order valence-electron chi connectivity index (χ0n) is 20.6. The Morgan fingerprint density at radius 1 is 1.14 bits per heavy atom. The number of benzene rings is 1. The summed E-state index contributed by atoms with van der Waals surface area (Å²) >= 11 is 0. The molecule has 5 rings (SSSR count). The lowest BCUT2D eigenvalue weighted by atomic mass is 9.72. The maximum Gasteiger partial charge on any atom is 0.408 e. The average Bonchev–Trinajstić information content (AvgIpc) is 3.32. The van der Waals surface area contributed by atoms with Crippen molar-refractivity contribution in [3.05, 3.63) is 29.8 Å². The van der Waals surface area contributed by atoms with Crippen LogP contribution in [0.2, 0.25) is 0 Å². The van der Waals surface area contributed by atoms with Gasteiger partial charge in [0, 0.05) is 18.8 Å². The fraction of sp³-hybridized carbons (Fsp3) is 0.560. The molecule has 1 saturated carbocycles. The number of hydrogen-bond acceptors (Lipinski definition) is 6. The van der Waals surface area contributed by atoms with Gasteiger partial charge in [0.2, 0.25) is 23.6 Å². The monoisotopic (exact) mass is 497 g/mol. The predicted octanol–water partition coefficient (Wildman–Crippen LogP) is 0.554. The second-order valence-electron chi connectivity index (χ2n) is 11.0. The van der Waals surface area contributed by atoms with E-state index in [1.807, 2.05) is 0 Å². The van der Waals surface area contributed by atoms with Crippen LogP contribution >= 0.6 is 0 Å². The molecule has 4 aliphatic rings. The molecule has 1 spiro atoms. The Hall–Kier alpha value is -3.63. The Kier molecular flexibility index (Phi) is 5.68. The van der Waals surface area contributed by atoms with Crippen molar-refractivity contribution in [2.75, 3.05) is 31.6 Å². The fourth-order valence-corrected chi connectivity index (χ4v) is 5.44. The van der Waals surface area contributed by atoms with Crippen LogP contribution in [-0.2, 0) is 29.3 Å². The van der Waals surface area contributed by atoms with Gasteiger partial charge in [-0.15, -0.1) is 0 Å². The number of ether oxygens (including phenoxy) is 1. The first kappa shape index (κ1) is 24.1. The van der Waals surface area contributed by atoms with Crippen molar-refractivity contribution in [3.8, 4) is 0 Å². The molecular weight excluding hydrogens is 466 g/mol. The van der Waals surface area contributed by atoms with E-state index in [1.165, 1.54) is 9.80 Å². The smallest absolute Gasteiger partial charge is 0.408 e. The van der Waals surface area contributed by atoms with Crippen LogP contribution in [0, 0.1) is 11.8 Å². The Morgan fingerprint density at radius 3 is 2.50 bits per heavy atom. The number of carbonyl (C=O) groups excluding carboxylic acids is 5.